The maximum Gasteiger partial charge on any atom is 0.252 e. The minimum absolute atomic E-state index is 0.00855. The molecule has 1 aromatic carbocycles. The summed E-state index contributed by atoms with van der Waals surface area (Å²) >= 11 is 3.21. The highest BCUT2D eigenvalue weighted by atomic mass is 32.2. The van der Waals surface area contributed by atoms with Gasteiger partial charge in [0, 0.05) is 28.2 Å². The number of amides is 1. The molecule has 0 bridgehead atoms. The number of thiophene rings is 1. The molecule has 0 aliphatic rings. The lowest BCUT2D eigenvalue weighted by Gasteiger charge is -2.28. The van der Waals surface area contributed by atoms with Gasteiger partial charge < -0.3 is 10.2 Å². The van der Waals surface area contributed by atoms with Crippen LogP contribution in [0, 0.1) is 19.3 Å². The van der Waals surface area contributed by atoms with Crippen molar-refractivity contribution in [2.75, 3.05) is 27.2 Å². The number of nitrogens with zero attached hydrogens (tertiary/aromatic N) is 3. The Morgan fingerprint density at radius 3 is 2.66 bits per heavy atom. The first-order valence-electron chi connectivity index (χ1n) is 9.58. The highest BCUT2D eigenvalue weighted by Gasteiger charge is 2.22. The topological polar surface area (TPSA) is 58.1 Å². The van der Waals surface area contributed by atoms with Crippen LogP contribution in [-0.2, 0) is 0 Å². The summed E-state index contributed by atoms with van der Waals surface area (Å²) < 4.78 is 0. The van der Waals surface area contributed by atoms with Crippen LogP contribution in [-0.4, -0.2) is 48.0 Å². The monoisotopic (exact) mass is 428 g/mol. The van der Waals surface area contributed by atoms with Gasteiger partial charge in [0.2, 0.25) is 0 Å². The number of hydrogen-bond acceptors (Lipinski definition) is 6. The Bertz CT molecular complexity index is 1030. The van der Waals surface area contributed by atoms with E-state index < -0.39 is 0 Å². The molecule has 0 aliphatic carbocycles. The van der Waals surface area contributed by atoms with Crippen molar-refractivity contribution in [3.05, 3.63) is 46.6 Å². The van der Waals surface area contributed by atoms with Gasteiger partial charge in [0.05, 0.1) is 5.56 Å². The number of carbonyl (C=O) groups is 1. The first-order chi connectivity index (χ1) is 13.7. The molecule has 0 spiro atoms. The van der Waals surface area contributed by atoms with E-state index in [0.717, 1.165) is 26.7 Å². The number of aryl methyl sites for hydroxylation is 2. The molecule has 5 nitrogen and oxygen atoms in total. The molecule has 2 heterocycles. The predicted octanol–water partition coefficient (Wildman–Crippen LogP) is 4.78. The fourth-order valence-corrected chi connectivity index (χ4v) is 5.54. The van der Waals surface area contributed by atoms with Crippen LogP contribution in [0.1, 0.15) is 34.6 Å². The summed E-state index contributed by atoms with van der Waals surface area (Å²) in [6.07, 6.45) is 1.60. The lowest BCUT2D eigenvalue weighted by molar-refractivity contribution is 0.0926. The largest absolute Gasteiger partial charge is 0.351 e. The van der Waals surface area contributed by atoms with Gasteiger partial charge >= 0.3 is 0 Å². The van der Waals surface area contributed by atoms with E-state index in [4.69, 9.17) is 0 Å². The fraction of sp³-hybridized carbons (Fsp3) is 0.409. The Labute approximate surface area is 180 Å². The van der Waals surface area contributed by atoms with Crippen molar-refractivity contribution in [1.82, 2.24) is 20.2 Å². The van der Waals surface area contributed by atoms with E-state index in [1.54, 1.807) is 17.7 Å². The van der Waals surface area contributed by atoms with Crippen molar-refractivity contribution < 1.29 is 4.79 Å². The summed E-state index contributed by atoms with van der Waals surface area (Å²) in [5.74, 6) is -0.0524. The number of nitrogens with one attached hydrogen (secondary N) is 1. The molecule has 7 heteroatoms. The molecule has 0 fully saturated rings. The molecule has 0 saturated carbocycles. The summed E-state index contributed by atoms with van der Waals surface area (Å²) in [7, 11) is 4.10. The Morgan fingerprint density at radius 2 is 1.93 bits per heavy atom. The summed E-state index contributed by atoms with van der Waals surface area (Å²) in [5.41, 5.74) is 1.88. The van der Waals surface area contributed by atoms with Crippen molar-refractivity contribution in [2.24, 2.45) is 5.41 Å². The van der Waals surface area contributed by atoms with E-state index in [-0.39, 0.29) is 11.3 Å². The molecule has 0 radical (unpaired) electrons. The van der Waals surface area contributed by atoms with Gasteiger partial charge in [-0.2, -0.15) is 0 Å². The van der Waals surface area contributed by atoms with Gasteiger partial charge in [-0.15, -0.1) is 11.3 Å². The minimum atomic E-state index is -0.0524. The third-order valence-electron chi connectivity index (χ3n) is 4.74. The van der Waals surface area contributed by atoms with Crippen LogP contribution in [0.5, 0.6) is 0 Å². The lowest BCUT2D eigenvalue weighted by Crippen LogP contribution is -2.40. The van der Waals surface area contributed by atoms with E-state index in [1.807, 2.05) is 38.4 Å². The summed E-state index contributed by atoms with van der Waals surface area (Å²) in [4.78, 5) is 27.2. The highest BCUT2D eigenvalue weighted by molar-refractivity contribution is 7.99. The van der Waals surface area contributed by atoms with Gasteiger partial charge in [0.15, 0.2) is 0 Å². The molecule has 0 saturated heterocycles. The average Bonchev–Trinajstić information content (AvgIpc) is 2.94. The fourth-order valence-electron chi connectivity index (χ4n) is 3.40. The molecule has 29 heavy (non-hydrogen) atoms. The first kappa shape index (κ1) is 21.7. The van der Waals surface area contributed by atoms with Gasteiger partial charge in [-0.05, 0) is 51.1 Å². The Hall–Kier alpha value is -1.96. The van der Waals surface area contributed by atoms with Crippen LogP contribution in [0.3, 0.4) is 0 Å². The smallest absolute Gasteiger partial charge is 0.252 e. The minimum Gasteiger partial charge on any atom is -0.351 e. The Morgan fingerprint density at radius 1 is 1.21 bits per heavy atom. The van der Waals surface area contributed by atoms with Crippen LogP contribution in [0.25, 0.3) is 10.2 Å². The lowest BCUT2D eigenvalue weighted by atomic mass is 9.93. The molecule has 3 aromatic rings. The molecule has 1 amide bonds. The molecule has 154 valence electrons. The molecule has 3 rings (SSSR count). The van der Waals surface area contributed by atoms with Gasteiger partial charge in [0.1, 0.15) is 16.2 Å². The van der Waals surface area contributed by atoms with Gasteiger partial charge in [-0.25, -0.2) is 9.97 Å². The molecule has 0 atom stereocenters. The van der Waals surface area contributed by atoms with E-state index >= 15 is 0 Å². The van der Waals surface area contributed by atoms with Crippen molar-refractivity contribution in [1.29, 1.82) is 0 Å². The van der Waals surface area contributed by atoms with Crippen molar-refractivity contribution in [3.63, 3.8) is 0 Å². The van der Waals surface area contributed by atoms with Crippen LogP contribution in [0.2, 0.25) is 0 Å². The SMILES string of the molecule is Cc1sc2ncnc(Sc3ccccc3C(=O)NCC(C)(C)CN(C)C)c2c1C. The third kappa shape index (κ3) is 5.15. The zero-order valence-electron chi connectivity index (χ0n) is 17.9. The van der Waals surface area contributed by atoms with E-state index in [1.165, 1.54) is 22.2 Å². The average molecular weight is 429 g/mol. The molecular weight excluding hydrogens is 400 g/mol. The van der Waals surface area contributed by atoms with E-state index in [2.05, 4.69) is 47.9 Å². The predicted molar refractivity (Wildman–Crippen MR) is 122 cm³/mol. The van der Waals surface area contributed by atoms with E-state index in [0.29, 0.717) is 12.1 Å². The zero-order valence-corrected chi connectivity index (χ0v) is 19.5. The maximum absolute atomic E-state index is 13.0. The molecule has 0 aliphatic heterocycles. The quantitative estimate of drug-likeness (QED) is 0.549. The summed E-state index contributed by atoms with van der Waals surface area (Å²) in [6, 6.07) is 7.71. The maximum atomic E-state index is 13.0. The van der Waals surface area contributed by atoms with Crippen LogP contribution >= 0.6 is 23.1 Å². The molecular formula is C22H28N4OS2. The number of carbonyl (C=O) groups excluding carboxylic acids is 1. The van der Waals surface area contributed by atoms with Crippen LogP contribution < -0.4 is 5.32 Å². The van der Waals surface area contributed by atoms with Crippen molar-refractivity contribution >= 4 is 39.2 Å². The number of benzene rings is 1. The first-order valence-corrected chi connectivity index (χ1v) is 11.2. The molecule has 1 N–H and O–H groups in total. The van der Waals surface area contributed by atoms with Gasteiger partial charge in [-0.1, -0.05) is 37.7 Å². The number of hydrogen-bond donors (Lipinski definition) is 1. The second-order valence-corrected chi connectivity index (χ2v) is 10.6. The molecule has 2 aromatic heterocycles. The summed E-state index contributed by atoms with van der Waals surface area (Å²) in [6.45, 7) is 10.0. The standard InChI is InChI=1S/C22H28N4OS2/c1-14-15(2)28-20-18(14)21(25-13-24-20)29-17-10-8-7-9-16(17)19(27)23-11-22(3,4)12-26(5)6/h7-10,13H,11-12H2,1-6H3,(H,23,27). The normalized spacial score (nSPS) is 12.0. The highest BCUT2D eigenvalue weighted by Crippen LogP contribution is 2.38. The van der Waals surface area contributed by atoms with Crippen LogP contribution in [0.15, 0.2) is 40.5 Å². The number of aromatic nitrogens is 2. The second-order valence-electron chi connectivity index (χ2n) is 8.33. The van der Waals surface area contributed by atoms with Crippen molar-refractivity contribution in [2.45, 2.75) is 37.6 Å². The number of rotatable bonds is 7. The zero-order chi connectivity index (χ0) is 21.2. The third-order valence-corrected chi connectivity index (χ3v) is 6.93. The molecule has 0 unspecified atom stereocenters. The van der Waals surface area contributed by atoms with Gasteiger partial charge in [0.25, 0.3) is 5.91 Å². The van der Waals surface area contributed by atoms with Gasteiger partial charge in [-0.3, -0.25) is 4.79 Å². The second kappa shape index (κ2) is 8.81. The van der Waals surface area contributed by atoms with Crippen molar-refractivity contribution in [3.8, 4) is 0 Å². The Kier molecular flexibility index (Phi) is 6.61. The Balaban J connectivity index is 1.84. The van der Waals surface area contributed by atoms with Crippen LogP contribution in [0.4, 0.5) is 0 Å². The summed E-state index contributed by atoms with van der Waals surface area (Å²) in [5, 5.41) is 5.09. The van der Waals surface area contributed by atoms with E-state index in [9.17, 15) is 4.79 Å². The number of fused-ring (bicyclic) bond motifs is 1.